The van der Waals surface area contributed by atoms with Crippen LogP contribution in [0.15, 0.2) is 0 Å². The molecule has 3 nitrogen and oxygen atoms in total. The van der Waals surface area contributed by atoms with Crippen molar-refractivity contribution in [2.24, 2.45) is 11.8 Å². The smallest absolute Gasteiger partial charge is 0.188 e. The van der Waals surface area contributed by atoms with Crippen molar-refractivity contribution in [3.05, 3.63) is 11.5 Å². The monoisotopic (exact) mass is 195 g/mol. The Bertz CT molecular complexity index is 360. The highest BCUT2D eigenvalue weighted by molar-refractivity contribution is 5.34. The van der Waals surface area contributed by atoms with E-state index < -0.39 is 0 Å². The van der Waals surface area contributed by atoms with Gasteiger partial charge in [-0.25, -0.2) is 4.39 Å². The van der Waals surface area contributed by atoms with E-state index in [1.807, 2.05) is 0 Å². The fourth-order valence-electron chi connectivity index (χ4n) is 2.87. The van der Waals surface area contributed by atoms with Crippen LogP contribution in [-0.4, -0.2) is 10.2 Å². The maximum absolute atomic E-state index is 13.5. The minimum absolute atomic E-state index is 0.0165. The predicted octanol–water partition coefficient (Wildman–Crippen LogP) is 2.03. The molecular formula is C10H14FN3. The van der Waals surface area contributed by atoms with Gasteiger partial charge in [-0.2, -0.15) is 5.10 Å². The van der Waals surface area contributed by atoms with Gasteiger partial charge in [-0.05, 0) is 24.7 Å². The molecule has 0 aliphatic heterocycles. The second-order valence-electron chi connectivity index (χ2n) is 4.53. The first-order valence-electron chi connectivity index (χ1n) is 5.26. The van der Waals surface area contributed by atoms with Crippen molar-refractivity contribution >= 4 is 5.82 Å². The van der Waals surface area contributed by atoms with Crippen LogP contribution in [0.1, 0.15) is 37.3 Å². The van der Waals surface area contributed by atoms with Gasteiger partial charge in [-0.1, -0.05) is 12.8 Å². The molecule has 0 saturated heterocycles. The normalized spacial score (nSPS) is 35.4. The molecule has 0 spiro atoms. The molecular weight excluding hydrogens is 181 g/mol. The third kappa shape index (κ3) is 1.06. The van der Waals surface area contributed by atoms with Gasteiger partial charge in [0.25, 0.3) is 0 Å². The summed E-state index contributed by atoms with van der Waals surface area (Å²) < 4.78 is 13.5. The highest BCUT2D eigenvalue weighted by atomic mass is 19.1. The van der Waals surface area contributed by atoms with Gasteiger partial charge in [-0.15, -0.1) is 0 Å². The quantitative estimate of drug-likeness (QED) is 0.720. The first-order chi connectivity index (χ1) is 6.77. The van der Waals surface area contributed by atoms with Gasteiger partial charge >= 0.3 is 0 Å². The van der Waals surface area contributed by atoms with Crippen LogP contribution in [0.5, 0.6) is 0 Å². The van der Waals surface area contributed by atoms with E-state index in [2.05, 4.69) is 10.2 Å². The zero-order valence-electron chi connectivity index (χ0n) is 7.96. The van der Waals surface area contributed by atoms with Crippen molar-refractivity contribution in [1.82, 2.24) is 10.2 Å². The molecule has 3 N–H and O–H groups in total. The van der Waals surface area contributed by atoms with Crippen molar-refractivity contribution in [3.63, 3.8) is 0 Å². The summed E-state index contributed by atoms with van der Waals surface area (Å²) in [7, 11) is 0. The van der Waals surface area contributed by atoms with E-state index in [0.717, 1.165) is 12.3 Å². The standard InChI is InChI=1S/C10H14FN3/c11-8-9(13-14-10(8)12)6-3-1-2-5-4-7(5)6/h5-7H,1-4H2,(H3,12,13,14). The number of hydrogen-bond acceptors (Lipinski definition) is 2. The molecule has 3 rings (SSSR count). The summed E-state index contributed by atoms with van der Waals surface area (Å²) in [4.78, 5) is 0. The lowest BCUT2D eigenvalue weighted by atomic mass is 9.86. The number of aromatic nitrogens is 2. The number of aromatic amines is 1. The number of hydrogen-bond donors (Lipinski definition) is 2. The molecule has 76 valence electrons. The van der Waals surface area contributed by atoms with Gasteiger partial charge in [-0.3, -0.25) is 5.10 Å². The van der Waals surface area contributed by atoms with Crippen LogP contribution >= 0.6 is 0 Å². The van der Waals surface area contributed by atoms with E-state index >= 15 is 0 Å². The summed E-state index contributed by atoms with van der Waals surface area (Å²) in [6, 6.07) is 0. The van der Waals surface area contributed by atoms with E-state index in [0.29, 0.717) is 17.5 Å². The third-order valence-electron chi connectivity index (χ3n) is 3.71. The molecule has 0 amide bonds. The Balaban J connectivity index is 1.91. The molecule has 0 aromatic carbocycles. The molecule has 2 aliphatic carbocycles. The lowest BCUT2D eigenvalue weighted by molar-refractivity contribution is 0.402. The number of nitrogens with zero attached hydrogens (tertiary/aromatic N) is 1. The molecule has 2 fully saturated rings. The van der Waals surface area contributed by atoms with Gasteiger partial charge in [0.2, 0.25) is 0 Å². The Hall–Kier alpha value is -1.06. The largest absolute Gasteiger partial charge is 0.380 e. The van der Waals surface area contributed by atoms with Crippen molar-refractivity contribution in [3.8, 4) is 0 Å². The van der Waals surface area contributed by atoms with E-state index in [1.165, 1.54) is 19.3 Å². The fraction of sp³-hybridized carbons (Fsp3) is 0.700. The summed E-state index contributed by atoms with van der Waals surface area (Å²) in [5.74, 6) is 1.58. The molecule has 0 radical (unpaired) electrons. The summed E-state index contributed by atoms with van der Waals surface area (Å²) in [6.45, 7) is 0. The van der Waals surface area contributed by atoms with Crippen LogP contribution in [-0.2, 0) is 0 Å². The molecule has 1 aromatic rings. The second-order valence-corrected chi connectivity index (χ2v) is 4.53. The number of rotatable bonds is 1. The number of nitrogens with one attached hydrogen (secondary N) is 1. The predicted molar refractivity (Wildman–Crippen MR) is 51.1 cm³/mol. The first kappa shape index (κ1) is 8.26. The molecule has 0 bridgehead atoms. The highest BCUT2D eigenvalue weighted by Crippen LogP contribution is 2.56. The van der Waals surface area contributed by atoms with E-state index in [9.17, 15) is 4.39 Å². The molecule has 4 heteroatoms. The Morgan fingerprint density at radius 1 is 1.43 bits per heavy atom. The highest BCUT2D eigenvalue weighted by Gasteiger charge is 2.47. The lowest BCUT2D eigenvalue weighted by Gasteiger charge is -2.19. The number of nitrogen functional groups attached to an aromatic ring is 1. The molecule has 1 aromatic heterocycles. The topological polar surface area (TPSA) is 54.7 Å². The minimum atomic E-state index is -0.317. The molecule has 3 atom stereocenters. The van der Waals surface area contributed by atoms with E-state index in [-0.39, 0.29) is 11.6 Å². The van der Waals surface area contributed by atoms with Gasteiger partial charge in [0.1, 0.15) is 0 Å². The molecule has 2 aliphatic rings. The Morgan fingerprint density at radius 2 is 2.29 bits per heavy atom. The molecule has 2 saturated carbocycles. The van der Waals surface area contributed by atoms with Crippen molar-refractivity contribution < 1.29 is 4.39 Å². The number of fused-ring (bicyclic) bond motifs is 1. The maximum Gasteiger partial charge on any atom is 0.188 e. The fourth-order valence-corrected chi connectivity index (χ4v) is 2.87. The van der Waals surface area contributed by atoms with Crippen LogP contribution in [0, 0.1) is 17.7 Å². The molecule has 14 heavy (non-hydrogen) atoms. The number of halogens is 1. The van der Waals surface area contributed by atoms with Gasteiger partial charge in [0, 0.05) is 5.92 Å². The summed E-state index contributed by atoms with van der Waals surface area (Å²) in [6.07, 6.45) is 4.89. The molecule has 3 unspecified atom stereocenters. The Labute approximate surface area is 81.9 Å². The zero-order chi connectivity index (χ0) is 9.71. The van der Waals surface area contributed by atoms with E-state index in [1.54, 1.807) is 0 Å². The van der Waals surface area contributed by atoms with Crippen LogP contribution in [0.25, 0.3) is 0 Å². The van der Waals surface area contributed by atoms with Gasteiger partial charge in [0.05, 0.1) is 5.69 Å². The van der Waals surface area contributed by atoms with E-state index in [4.69, 9.17) is 5.73 Å². The van der Waals surface area contributed by atoms with Crippen LogP contribution in [0.2, 0.25) is 0 Å². The average Bonchev–Trinajstić information content (AvgIpc) is 2.90. The van der Waals surface area contributed by atoms with Gasteiger partial charge in [0.15, 0.2) is 11.6 Å². The SMILES string of the molecule is Nc1n[nH]c(C2CCCC3CC32)c1F. The minimum Gasteiger partial charge on any atom is -0.380 e. The van der Waals surface area contributed by atoms with Crippen LogP contribution in [0.4, 0.5) is 10.2 Å². The van der Waals surface area contributed by atoms with Crippen molar-refractivity contribution in [1.29, 1.82) is 0 Å². The van der Waals surface area contributed by atoms with Crippen LogP contribution < -0.4 is 5.73 Å². The Morgan fingerprint density at radius 3 is 3.00 bits per heavy atom. The van der Waals surface area contributed by atoms with Crippen LogP contribution in [0.3, 0.4) is 0 Å². The van der Waals surface area contributed by atoms with Crippen molar-refractivity contribution in [2.45, 2.75) is 31.6 Å². The maximum atomic E-state index is 13.5. The summed E-state index contributed by atoms with van der Waals surface area (Å²) in [5, 5.41) is 6.47. The van der Waals surface area contributed by atoms with Gasteiger partial charge < -0.3 is 5.73 Å². The zero-order valence-corrected chi connectivity index (χ0v) is 7.96. The average molecular weight is 195 g/mol. The summed E-state index contributed by atoms with van der Waals surface area (Å²) in [5.41, 5.74) is 6.04. The first-order valence-corrected chi connectivity index (χ1v) is 5.26. The second kappa shape index (κ2) is 2.72. The number of anilines is 1. The lowest BCUT2D eigenvalue weighted by Crippen LogP contribution is -2.10. The molecule has 1 heterocycles. The number of H-pyrrole nitrogens is 1. The number of nitrogens with two attached hydrogens (primary N) is 1. The van der Waals surface area contributed by atoms with Crippen molar-refractivity contribution in [2.75, 3.05) is 5.73 Å². The summed E-state index contributed by atoms with van der Waals surface area (Å²) >= 11 is 0. The Kier molecular flexibility index (Phi) is 1.60. The third-order valence-corrected chi connectivity index (χ3v) is 3.71.